The van der Waals surface area contributed by atoms with E-state index in [1.54, 1.807) is 0 Å². The van der Waals surface area contributed by atoms with Crippen LogP contribution in [0.15, 0.2) is 12.1 Å². The Morgan fingerprint density at radius 1 is 1.26 bits per heavy atom. The minimum Gasteiger partial charge on any atom is -0.396 e. The second kappa shape index (κ2) is 7.26. The number of rotatable bonds is 6. The predicted octanol–water partition coefficient (Wildman–Crippen LogP) is 1.86. The van der Waals surface area contributed by atoms with E-state index in [9.17, 15) is 4.79 Å². The van der Waals surface area contributed by atoms with Crippen molar-refractivity contribution >= 4 is 11.6 Å². The highest BCUT2D eigenvalue weighted by Crippen LogP contribution is 2.21. The number of likely N-dealkylation sites (N-methyl/N-ethyl adjacent to an activating group) is 1. The topological polar surface area (TPSA) is 52.6 Å². The summed E-state index contributed by atoms with van der Waals surface area (Å²) >= 11 is 0. The zero-order valence-corrected chi connectivity index (χ0v) is 12.3. The molecule has 4 nitrogen and oxygen atoms in total. The van der Waals surface area contributed by atoms with Crippen molar-refractivity contribution in [2.24, 2.45) is 0 Å². The van der Waals surface area contributed by atoms with Crippen molar-refractivity contribution in [2.75, 3.05) is 32.1 Å². The molecule has 0 spiro atoms. The number of aliphatic hydroxyl groups is 1. The van der Waals surface area contributed by atoms with E-state index in [2.05, 4.69) is 17.4 Å². The Morgan fingerprint density at radius 2 is 1.84 bits per heavy atom. The largest absolute Gasteiger partial charge is 0.396 e. The summed E-state index contributed by atoms with van der Waals surface area (Å²) < 4.78 is 0. The van der Waals surface area contributed by atoms with Crippen LogP contribution in [0.2, 0.25) is 0 Å². The molecule has 0 fully saturated rings. The van der Waals surface area contributed by atoms with Gasteiger partial charge in [0.05, 0.1) is 6.54 Å². The van der Waals surface area contributed by atoms with Crippen molar-refractivity contribution in [1.82, 2.24) is 4.90 Å². The molecular formula is C15H24N2O2. The molecular weight excluding hydrogens is 240 g/mol. The van der Waals surface area contributed by atoms with Gasteiger partial charge in [-0.1, -0.05) is 17.7 Å². The fourth-order valence-corrected chi connectivity index (χ4v) is 2.22. The van der Waals surface area contributed by atoms with Gasteiger partial charge in [0, 0.05) is 18.8 Å². The van der Waals surface area contributed by atoms with Crippen molar-refractivity contribution < 1.29 is 9.90 Å². The number of hydrogen-bond donors (Lipinski definition) is 2. The van der Waals surface area contributed by atoms with Gasteiger partial charge in [-0.25, -0.2) is 0 Å². The van der Waals surface area contributed by atoms with Gasteiger partial charge < -0.3 is 10.4 Å². The van der Waals surface area contributed by atoms with Crippen LogP contribution in [0.25, 0.3) is 0 Å². The summed E-state index contributed by atoms with van der Waals surface area (Å²) in [4.78, 5) is 13.9. The molecule has 1 rings (SSSR count). The highest BCUT2D eigenvalue weighted by molar-refractivity contribution is 5.93. The van der Waals surface area contributed by atoms with Crippen molar-refractivity contribution in [2.45, 2.75) is 27.2 Å². The van der Waals surface area contributed by atoms with Gasteiger partial charge in [-0.2, -0.15) is 0 Å². The molecule has 0 heterocycles. The van der Waals surface area contributed by atoms with Crippen molar-refractivity contribution in [3.05, 3.63) is 28.8 Å². The van der Waals surface area contributed by atoms with E-state index >= 15 is 0 Å². The van der Waals surface area contributed by atoms with Crippen molar-refractivity contribution in [1.29, 1.82) is 0 Å². The van der Waals surface area contributed by atoms with Crippen LogP contribution in [0.3, 0.4) is 0 Å². The Morgan fingerprint density at radius 3 is 2.37 bits per heavy atom. The second-order valence-corrected chi connectivity index (χ2v) is 5.14. The molecule has 1 aromatic rings. The normalized spacial score (nSPS) is 10.8. The molecule has 2 N–H and O–H groups in total. The number of hydrogen-bond acceptors (Lipinski definition) is 3. The molecule has 0 aliphatic carbocycles. The van der Waals surface area contributed by atoms with Gasteiger partial charge in [-0.05, 0) is 45.4 Å². The van der Waals surface area contributed by atoms with E-state index < -0.39 is 0 Å². The van der Waals surface area contributed by atoms with Gasteiger partial charge in [-0.3, -0.25) is 9.69 Å². The standard InChI is InChI=1S/C15H24N2O2/c1-11-8-12(2)15(13(3)9-11)16-14(19)10-17(4)6-5-7-18/h8-9,18H,5-7,10H2,1-4H3,(H,16,19). The van der Waals surface area contributed by atoms with E-state index in [-0.39, 0.29) is 12.5 Å². The quantitative estimate of drug-likeness (QED) is 0.824. The van der Waals surface area contributed by atoms with Gasteiger partial charge in [0.25, 0.3) is 0 Å². The lowest BCUT2D eigenvalue weighted by Crippen LogP contribution is -2.31. The molecule has 0 aliphatic rings. The Kier molecular flexibility index (Phi) is 5.99. The van der Waals surface area contributed by atoms with Gasteiger partial charge >= 0.3 is 0 Å². The van der Waals surface area contributed by atoms with E-state index in [0.29, 0.717) is 13.0 Å². The lowest BCUT2D eigenvalue weighted by Gasteiger charge is -2.17. The van der Waals surface area contributed by atoms with E-state index in [4.69, 9.17) is 5.11 Å². The maximum atomic E-state index is 12.0. The summed E-state index contributed by atoms with van der Waals surface area (Å²) in [5.41, 5.74) is 4.28. The molecule has 0 aliphatic heterocycles. The van der Waals surface area contributed by atoms with Gasteiger partial charge in [-0.15, -0.1) is 0 Å². The number of nitrogens with zero attached hydrogens (tertiary/aromatic N) is 1. The van der Waals surface area contributed by atoms with Gasteiger partial charge in [0.15, 0.2) is 0 Å². The Hall–Kier alpha value is -1.39. The maximum Gasteiger partial charge on any atom is 0.238 e. The molecule has 0 saturated heterocycles. The predicted molar refractivity (Wildman–Crippen MR) is 78.5 cm³/mol. The monoisotopic (exact) mass is 264 g/mol. The number of carbonyl (C=O) groups excluding carboxylic acids is 1. The first kappa shape index (κ1) is 15.7. The van der Waals surface area contributed by atoms with E-state index in [1.165, 1.54) is 5.56 Å². The zero-order chi connectivity index (χ0) is 14.4. The summed E-state index contributed by atoms with van der Waals surface area (Å²) in [7, 11) is 1.88. The number of carbonyl (C=O) groups is 1. The smallest absolute Gasteiger partial charge is 0.238 e. The lowest BCUT2D eigenvalue weighted by atomic mass is 10.1. The highest BCUT2D eigenvalue weighted by Gasteiger charge is 2.10. The first-order valence-corrected chi connectivity index (χ1v) is 6.61. The fraction of sp³-hybridized carbons (Fsp3) is 0.533. The number of benzene rings is 1. The van der Waals surface area contributed by atoms with E-state index in [0.717, 1.165) is 23.4 Å². The summed E-state index contributed by atoms with van der Waals surface area (Å²) in [5, 5.41) is 11.7. The van der Waals surface area contributed by atoms with Crippen LogP contribution in [0.1, 0.15) is 23.1 Å². The molecule has 106 valence electrons. The van der Waals surface area contributed by atoms with Crippen molar-refractivity contribution in [3.63, 3.8) is 0 Å². The SMILES string of the molecule is Cc1cc(C)c(NC(=O)CN(C)CCCO)c(C)c1. The third-order valence-corrected chi connectivity index (χ3v) is 3.05. The molecule has 0 aromatic heterocycles. The number of nitrogens with one attached hydrogen (secondary N) is 1. The first-order valence-electron chi connectivity index (χ1n) is 6.61. The molecule has 1 aromatic carbocycles. The second-order valence-electron chi connectivity index (χ2n) is 5.14. The molecule has 0 atom stereocenters. The van der Waals surface area contributed by atoms with Crippen LogP contribution < -0.4 is 5.32 Å². The van der Waals surface area contributed by atoms with Crippen LogP contribution in [0.4, 0.5) is 5.69 Å². The number of aliphatic hydroxyl groups excluding tert-OH is 1. The van der Waals surface area contributed by atoms with Crippen LogP contribution in [0.5, 0.6) is 0 Å². The van der Waals surface area contributed by atoms with Gasteiger partial charge in [0.2, 0.25) is 5.91 Å². The van der Waals surface area contributed by atoms with Gasteiger partial charge in [0.1, 0.15) is 0 Å². The van der Waals surface area contributed by atoms with Crippen LogP contribution in [0, 0.1) is 20.8 Å². The first-order chi connectivity index (χ1) is 8.93. The van der Waals surface area contributed by atoms with Crippen molar-refractivity contribution in [3.8, 4) is 0 Å². The van der Waals surface area contributed by atoms with Crippen LogP contribution in [-0.2, 0) is 4.79 Å². The Bertz CT molecular complexity index is 421. The molecule has 0 saturated carbocycles. The average Bonchev–Trinajstić information content (AvgIpc) is 2.31. The summed E-state index contributed by atoms with van der Waals surface area (Å²) in [5.74, 6) is -0.0181. The molecule has 0 radical (unpaired) electrons. The third kappa shape index (κ3) is 5.01. The minimum absolute atomic E-state index is 0.0181. The van der Waals surface area contributed by atoms with Crippen LogP contribution in [-0.4, -0.2) is 42.7 Å². The molecule has 0 unspecified atom stereocenters. The fourth-order valence-electron chi connectivity index (χ4n) is 2.22. The zero-order valence-electron chi connectivity index (χ0n) is 12.3. The third-order valence-electron chi connectivity index (χ3n) is 3.05. The molecule has 0 bridgehead atoms. The number of amides is 1. The molecule has 19 heavy (non-hydrogen) atoms. The Labute approximate surface area is 115 Å². The summed E-state index contributed by atoms with van der Waals surface area (Å²) in [6, 6.07) is 4.14. The Balaban J connectivity index is 2.62. The summed E-state index contributed by atoms with van der Waals surface area (Å²) in [6.07, 6.45) is 0.687. The minimum atomic E-state index is -0.0181. The lowest BCUT2D eigenvalue weighted by molar-refractivity contribution is -0.117. The highest BCUT2D eigenvalue weighted by atomic mass is 16.3. The number of aryl methyl sites for hydroxylation is 3. The number of anilines is 1. The molecule has 1 amide bonds. The maximum absolute atomic E-state index is 12.0. The average molecular weight is 264 g/mol. The van der Waals surface area contributed by atoms with E-state index in [1.807, 2.05) is 32.7 Å². The summed E-state index contributed by atoms with van der Waals surface area (Å²) in [6.45, 7) is 7.27. The van der Waals surface area contributed by atoms with Crippen LogP contribution >= 0.6 is 0 Å². The molecule has 4 heteroatoms.